The average molecular weight is 566 g/mol. The summed E-state index contributed by atoms with van der Waals surface area (Å²) in [7, 11) is -0.895. The van der Waals surface area contributed by atoms with Gasteiger partial charge in [-0.25, -0.2) is 8.42 Å². The van der Waals surface area contributed by atoms with Crippen molar-refractivity contribution in [2.24, 2.45) is 0 Å². The standard InChI is InChI=1S/C30H35N3O6S/c1-5-22(2)33(40(35,36)28-12-6-9-24-10-7-16-31-30(24)28)21-29(34)32(20-25-11-8-18-39-25)17-15-23-13-14-26(37-3)27(19-23)38-4/h6-14,16,18-19,22H,5,15,17,20-21H2,1-4H3. The number of hydrogen-bond acceptors (Lipinski definition) is 7. The number of carbonyl (C=O) groups is 1. The van der Waals surface area contributed by atoms with Crippen LogP contribution in [0.1, 0.15) is 31.6 Å². The van der Waals surface area contributed by atoms with Gasteiger partial charge in [0.05, 0.1) is 39.1 Å². The Bertz CT molecular complexity index is 1530. The average Bonchev–Trinajstić information content (AvgIpc) is 3.50. The monoisotopic (exact) mass is 565 g/mol. The number of hydrogen-bond donors (Lipinski definition) is 0. The summed E-state index contributed by atoms with van der Waals surface area (Å²) >= 11 is 0. The molecule has 10 heteroatoms. The Hall–Kier alpha value is -3.89. The van der Waals surface area contributed by atoms with Gasteiger partial charge in [0.1, 0.15) is 10.7 Å². The molecular formula is C30H35N3O6S. The number of nitrogens with zero attached hydrogens (tertiary/aromatic N) is 3. The fraction of sp³-hybridized carbons (Fsp3) is 0.333. The number of carbonyl (C=O) groups excluding carboxylic acids is 1. The second kappa shape index (κ2) is 13.0. The third-order valence-corrected chi connectivity index (χ3v) is 8.95. The number of furan rings is 1. The first-order valence-corrected chi connectivity index (χ1v) is 14.6. The van der Waals surface area contributed by atoms with E-state index in [0.717, 1.165) is 5.56 Å². The maximum absolute atomic E-state index is 14.0. The summed E-state index contributed by atoms with van der Waals surface area (Å²) in [6.45, 7) is 3.95. The molecule has 0 radical (unpaired) electrons. The Morgan fingerprint density at radius 3 is 2.50 bits per heavy atom. The predicted octanol–water partition coefficient (Wildman–Crippen LogP) is 4.91. The van der Waals surface area contributed by atoms with Crippen LogP contribution in [0, 0.1) is 0 Å². The summed E-state index contributed by atoms with van der Waals surface area (Å²) < 4.78 is 45.6. The van der Waals surface area contributed by atoms with Crippen molar-refractivity contribution in [2.45, 2.75) is 44.2 Å². The second-order valence-electron chi connectivity index (χ2n) is 9.47. The lowest BCUT2D eigenvalue weighted by molar-refractivity contribution is -0.132. The number of amides is 1. The zero-order chi connectivity index (χ0) is 28.7. The SMILES string of the molecule is CCC(C)N(CC(=O)N(CCc1ccc(OC)c(OC)c1)Cc1ccco1)S(=O)(=O)c1cccc2cccnc12. The fourth-order valence-corrected chi connectivity index (χ4v) is 6.33. The molecule has 0 saturated heterocycles. The number of sulfonamides is 1. The van der Waals surface area contributed by atoms with Gasteiger partial charge >= 0.3 is 0 Å². The third kappa shape index (κ3) is 6.46. The highest BCUT2D eigenvalue weighted by atomic mass is 32.2. The van der Waals surface area contributed by atoms with Gasteiger partial charge in [-0.3, -0.25) is 9.78 Å². The molecular weight excluding hydrogens is 530 g/mol. The predicted molar refractivity (Wildman–Crippen MR) is 153 cm³/mol. The highest BCUT2D eigenvalue weighted by Gasteiger charge is 2.33. The van der Waals surface area contributed by atoms with Crippen LogP contribution in [0.2, 0.25) is 0 Å². The summed E-state index contributed by atoms with van der Waals surface area (Å²) in [5.74, 6) is 1.50. The van der Waals surface area contributed by atoms with Gasteiger partial charge in [0.15, 0.2) is 11.5 Å². The highest BCUT2D eigenvalue weighted by molar-refractivity contribution is 7.89. The molecule has 1 unspecified atom stereocenters. The second-order valence-corrected chi connectivity index (χ2v) is 11.3. The van der Waals surface area contributed by atoms with Crippen molar-refractivity contribution in [3.8, 4) is 11.5 Å². The lowest BCUT2D eigenvalue weighted by Crippen LogP contribution is -2.46. The highest BCUT2D eigenvalue weighted by Crippen LogP contribution is 2.29. The lowest BCUT2D eigenvalue weighted by Gasteiger charge is -2.30. The van der Waals surface area contributed by atoms with E-state index in [1.54, 1.807) is 61.9 Å². The zero-order valence-electron chi connectivity index (χ0n) is 23.2. The van der Waals surface area contributed by atoms with E-state index in [1.165, 1.54) is 4.31 Å². The number of benzene rings is 2. The van der Waals surface area contributed by atoms with Gasteiger partial charge in [-0.05, 0) is 61.7 Å². The molecule has 0 aliphatic rings. The Morgan fingerprint density at radius 1 is 1.02 bits per heavy atom. The fourth-order valence-electron chi connectivity index (χ4n) is 4.51. The van der Waals surface area contributed by atoms with Crippen molar-refractivity contribution in [3.63, 3.8) is 0 Å². The van der Waals surface area contributed by atoms with Crippen molar-refractivity contribution in [1.82, 2.24) is 14.2 Å². The number of rotatable bonds is 13. The molecule has 0 aliphatic heterocycles. The summed E-state index contributed by atoms with van der Waals surface area (Å²) in [6, 6.07) is 17.4. The van der Waals surface area contributed by atoms with E-state index < -0.39 is 16.1 Å². The largest absolute Gasteiger partial charge is 0.493 e. The van der Waals surface area contributed by atoms with Crippen LogP contribution in [0.4, 0.5) is 0 Å². The number of fused-ring (bicyclic) bond motifs is 1. The normalized spacial score (nSPS) is 12.4. The van der Waals surface area contributed by atoms with E-state index in [0.29, 0.717) is 47.5 Å². The molecule has 0 spiro atoms. The molecule has 2 aromatic carbocycles. The molecule has 4 aromatic rings. The maximum Gasteiger partial charge on any atom is 0.245 e. The Labute approximate surface area is 235 Å². The van der Waals surface area contributed by atoms with Crippen LogP contribution in [-0.2, 0) is 27.8 Å². The quantitative estimate of drug-likeness (QED) is 0.227. The topological polar surface area (TPSA) is 102 Å². The number of aromatic nitrogens is 1. The van der Waals surface area contributed by atoms with Crippen LogP contribution in [0.15, 0.2) is 82.4 Å². The van der Waals surface area contributed by atoms with E-state index in [-0.39, 0.29) is 23.9 Å². The molecule has 2 heterocycles. The molecule has 40 heavy (non-hydrogen) atoms. The van der Waals surface area contributed by atoms with Crippen LogP contribution < -0.4 is 9.47 Å². The van der Waals surface area contributed by atoms with Gasteiger partial charge in [-0.15, -0.1) is 0 Å². The minimum absolute atomic E-state index is 0.0848. The molecule has 9 nitrogen and oxygen atoms in total. The van der Waals surface area contributed by atoms with Gasteiger partial charge in [0, 0.05) is 24.2 Å². The van der Waals surface area contributed by atoms with Crippen molar-refractivity contribution >= 4 is 26.8 Å². The van der Waals surface area contributed by atoms with Crippen LogP contribution in [-0.4, -0.2) is 61.9 Å². The van der Waals surface area contributed by atoms with E-state index in [1.807, 2.05) is 44.2 Å². The van der Waals surface area contributed by atoms with E-state index in [9.17, 15) is 13.2 Å². The molecule has 0 fully saturated rings. The van der Waals surface area contributed by atoms with Crippen molar-refractivity contribution < 1.29 is 27.1 Å². The third-order valence-electron chi connectivity index (χ3n) is 6.95. The molecule has 1 amide bonds. The minimum Gasteiger partial charge on any atom is -0.493 e. The van der Waals surface area contributed by atoms with E-state index in [4.69, 9.17) is 13.9 Å². The van der Waals surface area contributed by atoms with Crippen LogP contribution >= 0.6 is 0 Å². The van der Waals surface area contributed by atoms with Gasteiger partial charge < -0.3 is 18.8 Å². The molecule has 4 rings (SSSR count). The Morgan fingerprint density at radius 2 is 1.80 bits per heavy atom. The summed E-state index contributed by atoms with van der Waals surface area (Å²) in [5, 5.41) is 0.716. The van der Waals surface area contributed by atoms with E-state index in [2.05, 4.69) is 4.98 Å². The van der Waals surface area contributed by atoms with Gasteiger partial charge in [-0.1, -0.05) is 31.2 Å². The van der Waals surface area contributed by atoms with Gasteiger partial charge in [0.25, 0.3) is 0 Å². The minimum atomic E-state index is -4.04. The molecule has 212 valence electrons. The van der Waals surface area contributed by atoms with Crippen LogP contribution in [0.5, 0.6) is 11.5 Å². The molecule has 0 aliphatic carbocycles. The van der Waals surface area contributed by atoms with E-state index >= 15 is 0 Å². The van der Waals surface area contributed by atoms with Gasteiger partial charge in [0.2, 0.25) is 15.9 Å². The molecule has 0 bridgehead atoms. The maximum atomic E-state index is 14.0. The van der Waals surface area contributed by atoms with Crippen molar-refractivity contribution in [1.29, 1.82) is 0 Å². The summed E-state index contributed by atoms with van der Waals surface area (Å²) in [5.41, 5.74) is 1.33. The summed E-state index contributed by atoms with van der Waals surface area (Å²) in [6.07, 6.45) is 4.18. The Kier molecular flexibility index (Phi) is 9.44. The first kappa shape index (κ1) is 29.1. The molecule has 2 aromatic heterocycles. The van der Waals surface area contributed by atoms with Crippen LogP contribution in [0.25, 0.3) is 10.9 Å². The lowest BCUT2D eigenvalue weighted by atomic mass is 10.1. The number of methoxy groups -OCH3 is 2. The number of para-hydroxylation sites is 1. The summed E-state index contributed by atoms with van der Waals surface area (Å²) in [4.78, 5) is 19.9. The Balaban J connectivity index is 1.62. The van der Waals surface area contributed by atoms with Crippen molar-refractivity contribution in [2.75, 3.05) is 27.3 Å². The number of pyridine rings is 1. The van der Waals surface area contributed by atoms with Crippen molar-refractivity contribution in [3.05, 3.63) is 84.4 Å². The van der Waals surface area contributed by atoms with Gasteiger partial charge in [-0.2, -0.15) is 4.31 Å². The molecule has 0 N–H and O–H groups in total. The number of ether oxygens (including phenoxy) is 2. The zero-order valence-corrected chi connectivity index (χ0v) is 24.1. The first-order chi connectivity index (χ1) is 19.3. The van der Waals surface area contributed by atoms with Crippen LogP contribution in [0.3, 0.4) is 0 Å². The smallest absolute Gasteiger partial charge is 0.245 e. The molecule has 0 saturated carbocycles. The molecule has 1 atom stereocenters. The first-order valence-electron chi connectivity index (χ1n) is 13.1.